The van der Waals surface area contributed by atoms with Gasteiger partial charge >= 0.3 is 12.0 Å². The third-order valence-corrected chi connectivity index (χ3v) is 4.93. The van der Waals surface area contributed by atoms with Gasteiger partial charge in [-0.05, 0) is 60.2 Å². The molecule has 0 radical (unpaired) electrons. The van der Waals surface area contributed by atoms with Crippen molar-refractivity contribution in [1.82, 2.24) is 14.8 Å². The molecule has 8 heteroatoms. The zero-order chi connectivity index (χ0) is 21.3. The van der Waals surface area contributed by atoms with E-state index in [1.807, 2.05) is 0 Å². The summed E-state index contributed by atoms with van der Waals surface area (Å²) < 4.78 is 1.79. The molecule has 2 aromatic carbocycles. The minimum Gasteiger partial charge on any atom is -0.478 e. The average Bonchev–Trinajstić information content (AvgIpc) is 3.30. The molecule has 4 rings (SSSR count). The Hall–Kier alpha value is -3.84. The molecule has 1 aromatic heterocycles. The highest BCUT2D eigenvalue weighted by Gasteiger charge is 2.33. The van der Waals surface area contributed by atoms with Crippen LogP contribution in [0.3, 0.4) is 0 Å². The summed E-state index contributed by atoms with van der Waals surface area (Å²) in [5.41, 5.74) is 2.52. The number of carboxylic acid groups (broad SMARTS) is 1. The molecule has 0 saturated carbocycles. The first-order valence-electron chi connectivity index (χ1n) is 9.02. The van der Waals surface area contributed by atoms with E-state index in [1.54, 1.807) is 65.4 Å². The Morgan fingerprint density at radius 3 is 2.40 bits per heavy atom. The molecule has 0 unspecified atom stereocenters. The Balaban J connectivity index is 1.58. The van der Waals surface area contributed by atoms with E-state index < -0.39 is 17.9 Å². The summed E-state index contributed by atoms with van der Waals surface area (Å²) in [5.74, 6) is -1.43. The fraction of sp³-hybridized carbons (Fsp3) is 0.0455. The number of aromatic nitrogens is 1. The second kappa shape index (κ2) is 7.88. The van der Waals surface area contributed by atoms with Crippen molar-refractivity contribution in [2.45, 2.75) is 6.54 Å². The number of amides is 3. The molecule has 1 aliphatic rings. The molecular formula is C22H16ClN3O4. The van der Waals surface area contributed by atoms with Crippen LogP contribution in [0.15, 0.2) is 72.6 Å². The molecule has 1 aliphatic heterocycles. The van der Waals surface area contributed by atoms with E-state index in [9.17, 15) is 14.4 Å². The minimum absolute atomic E-state index is 0.136. The first kappa shape index (κ1) is 19.5. The number of benzene rings is 2. The molecule has 2 N–H and O–H groups in total. The van der Waals surface area contributed by atoms with Crippen LogP contribution < -0.4 is 5.32 Å². The van der Waals surface area contributed by atoms with E-state index in [4.69, 9.17) is 16.7 Å². The van der Waals surface area contributed by atoms with Gasteiger partial charge in [0.15, 0.2) is 0 Å². The fourth-order valence-electron chi connectivity index (χ4n) is 3.15. The number of nitrogens with one attached hydrogen (secondary N) is 1. The van der Waals surface area contributed by atoms with Gasteiger partial charge in [-0.3, -0.25) is 9.69 Å². The average molecular weight is 422 g/mol. The minimum atomic E-state index is -1.00. The number of carboxylic acids is 1. The predicted octanol–water partition coefficient (Wildman–Crippen LogP) is 3.92. The maximum Gasteiger partial charge on any atom is 0.335 e. The molecule has 0 spiro atoms. The number of nitrogens with zero attached hydrogens (tertiary/aromatic N) is 2. The van der Waals surface area contributed by atoms with E-state index in [0.717, 1.165) is 16.2 Å². The number of hydrogen-bond donors (Lipinski definition) is 2. The van der Waals surface area contributed by atoms with Crippen molar-refractivity contribution in [1.29, 1.82) is 0 Å². The quantitative estimate of drug-likeness (QED) is 0.482. The zero-order valence-corrected chi connectivity index (χ0v) is 16.3. The Kier molecular flexibility index (Phi) is 5.12. The van der Waals surface area contributed by atoms with Crippen LogP contribution in [0.25, 0.3) is 11.8 Å². The van der Waals surface area contributed by atoms with Crippen molar-refractivity contribution >= 4 is 35.6 Å². The zero-order valence-electron chi connectivity index (χ0n) is 15.6. The van der Waals surface area contributed by atoms with Crippen molar-refractivity contribution in [3.8, 4) is 5.69 Å². The maximum absolute atomic E-state index is 12.8. The van der Waals surface area contributed by atoms with Crippen LogP contribution in [0.2, 0.25) is 5.02 Å². The van der Waals surface area contributed by atoms with Gasteiger partial charge in [0.05, 0.1) is 12.1 Å². The lowest BCUT2D eigenvalue weighted by Crippen LogP contribution is -2.30. The molecule has 3 amide bonds. The van der Waals surface area contributed by atoms with Crippen LogP contribution in [0.4, 0.5) is 4.79 Å². The second-order valence-corrected chi connectivity index (χ2v) is 7.10. The van der Waals surface area contributed by atoms with Crippen LogP contribution >= 0.6 is 11.6 Å². The number of aromatic carboxylic acids is 1. The molecule has 0 bridgehead atoms. The molecule has 0 atom stereocenters. The van der Waals surface area contributed by atoms with Crippen LogP contribution in [0, 0.1) is 0 Å². The molecule has 3 aromatic rings. The smallest absolute Gasteiger partial charge is 0.335 e. The summed E-state index contributed by atoms with van der Waals surface area (Å²) in [6, 6.07) is 16.4. The van der Waals surface area contributed by atoms with Gasteiger partial charge in [-0.25, -0.2) is 9.59 Å². The molecule has 2 heterocycles. The van der Waals surface area contributed by atoms with Crippen molar-refractivity contribution < 1.29 is 19.5 Å². The molecule has 0 aliphatic carbocycles. The Labute approximate surface area is 176 Å². The largest absolute Gasteiger partial charge is 0.478 e. The maximum atomic E-state index is 12.8. The second-order valence-electron chi connectivity index (χ2n) is 6.66. The van der Waals surface area contributed by atoms with Gasteiger partial charge in [-0.2, -0.15) is 0 Å². The highest BCUT2D eigenvalue weighted by Crippen LogP contribution is 2.20. The van der Waals surface area contributed by atoms with Crippen molar-refractivity contribution in [2.24, 2.45) is 0 Å². The molecule has 30 heavy (non-hydrogen) atoms. The number of urea groups is 1. The summed E-state index contributed by atoms with van der Waals surface area (Å²) in [7, 11) is 0. The third-order valence-electron chi connectivity index (χ3n) is 4.68. The standard InChI is InChI=1S/C22H16ClN3O4/c23-16-7-3-14(4-8-16)13-26-20(27)19(24-22(26)30)12-18-2-1-11-25(18)17-9-5-15(6-10-17)21(28)29/h1-12H,13H2,(H,24,30)(H,28,29)/b19-12-. The molecular weight excluding hydrogens is 406 g/mol. The van der Waals surface area contributed by atoms with Crippen molar-refractivity contribution in [2.75, 3.05) is 0 Å². The Morgan fingerprint density at radius 2 is 1.73 bits per heavy atom. The SMILES string of the molecule is O=C(O)c1ccc(-n2cccc2/C=C2\NC(=O)N(Cc3ccc(Cl)cc3)C2=O)cc1. The van der Waals surface area contributed by atoms with Gasteiger partial charge in [0.2, 0.25) is 0 Å². The van der Waals surface area contributed by atoms with Gasteiger partial charge in [0, 0.05) is 22.6 Å². The number of carbonyl (C=O) groups is 3. The van der Waals surface area contributed by atoms with Crippen LogP contribution in [-0.2, 0) is 11.3 Å². The van der Waals surface area contributed by atoms with E-state index in [2.05, 4.69) is 5.32 Å². The number of halogens is 1. The lowest BCUT2D eigenvalue weighted by Gasteiger charge is -2.11. The fourth-order valence-corrected chi connectivity index (χ4v) is 3.27. The van der Waals surface area contributed by atoms with Gasteiger partial charge in [0.1, 0.15) is 5.70 Å². The summed E-state index contributed by atoms with van der Waals surface area (Å²) in [6.45, 7) is 0.136. The summed E-state index contributed by atoms with van der Waals surface area (Å²) in [6.07, 6.45) is 3.38. The van der Waals surface area contributed by atoms with E-state index in [1.165, 1.54) is 12.1 Å². The highest BCUT2D eigenvalue weighted by atomic mass is 35.5. The summed E-state index contributed by atoms with van der Waals surface area (Å²) in [5, 5.41) is 12.2. The molecule has 1 saturated heterocycles. The van der Waals surface area contributed by atoms with Crippen molar-refractivity contribution in [3.05, 3.63) is 94.4 Å². The van der Waals surface area contributed by atoms with Gasteiger partial charge in [0.25, 0.3) is 5.91 Å². The normalized spacial score (nSPS) is 15.0. The van der Waals surface area contributed by atoms with Crippen LogP contribution in [-0.4, -0.2) is 32.5 Å². The van der Waals surface area contributed by atoms with Gasteiger partial charge in [-0.15, -0.1) is 0 Å². The number of imide groups is 1. The number of rotatable bonds is 5. The first-order valence-corrected chi connectivity index (χ1v) is 9.40. The van der Waals surface area contributed by atoms with E-state index in [0.29, 0.717) is 10.7 Å². The first-order chi connectivity index (χ1) is 14.4. The molecule has 7 nitrogen and oxygen atoms in total. The van der Waals surface area contributed by atoms with E-state index >= 15 is 0 Å². The number of hydrogen-bond acceptors (Lipinski definition) is 3. The molecule has 1 fully saturated rings. The van der Waals surface area contributed by atoms with E-state index in [-0.39, 0.29) is 17.8 Å². The lowest BCUT2D eigenvalue weighted by molar-refractivity contribution is -0.123. The highest BCUT2D eigenvalue weighted by molar-refractivity contribution is 6.30. The summed E-state index contributed by atoms with van der Waals surface area (Å²) >= 11 is 5.88. The summed E-state index contributed by atoms with van der Waals surface area (Å²) in [4.78, 5) is 37.2. The third kappa shape index (κ3) is 3.83. The Bertz CT molecular complexity index is 1160. The van der Waals surface area contributed by atoms with Gasteiger partial charge < -0.3 is 15.0 Å². The van der Waals surface area contributed by atoms with Crippen LogP contribution in [0.1, 0.15) is 21.6 Å². The van der Waals surface area contributed by atoms with Gasteiger partial charge in [-0.1, -0.05) is 23.7 Å². The number of carbonyl (C=O) groups excluding carboxylic acids is 2. The lowest BCUT2D eigenvalue weighted by atomic mass is 10.2. The topological polar surface area (TPSA) is 91.6 Å². The monoisotopic (exact) mass is 421 g/mol. The van der Waals surface area contributed by atoms with Crippen molar-refractivity contribution in [3.63, 3.8) is 0 Å². The predicted molar refractivity (Wildman–Crippen MR) is 111 cm³/mol. The Morgan fingerprint density at radius 1 is 1.03 bits per heavy atom. The van der Waals surface area contributed by atoms with Crippen LogP contribution in [0.5, 0.6) is 0 Å². The molecule has 150 valence electrons.